The van der Waals surface area contributed by atoms with E-state index in [-0.39, 0.29) is 0 Å². The fraction of sp³-hybridized carbons (Fsp3) is 0.357. The SMILES string of the molecule is CN1CCc2ncnc(-c3ccncc3)c2CC1. The summed E-state index contributed by atoms with van der Waals surface area (Å²) in [5.74, 6) is 0. The summed E-state index contributed by atoms with van der Waals surface area (Å²) in [7, 11) is 2.16. The van der Waals surface area contributed by atoms with Gasteiger partial charge in [-0.2, -0.15) is 0 Å². The lowest BCUT2D eigenvalue weighted by Gasteiger charge is -2.11. The van der Waals surface area contributed by atoms with Gasteiger partial charge < -0.3 is 4.90 Å². The lowest BCUT2D eigenvalue weighted by atomic mass is 10.0. The van der Waals surface area contributed by atoms with Crippen LogP contribution in [0.25, 0.3) is 11.3 Å². The highest BCUT2D eigenvalue weighted by atomic mass is 15.1. The van der Waals surface area contributed by atoms with Gasteiger partial charge in [-0.15, -0.1) is 0 Å². The van der Waals surface area contributed by atoms with E-state index in [4.69, 9.17) is 0 Å². The fourth-order valence-electron chi connectivity index (χ4n) is 2.40. The maximum atomic E-state index is 4.47. The van der Waals surface area contributed by atoms with Gasteiger partial charge in [-0.25, -0.2) is 9.97 Å². The van der Waals surface area contributed by atoms with Gasteiger partial charge in [0.05, 0.1) is 5.69 Å². The molecule has 0 amide bonds. The molecule has 0 spiro atoms. The Labute approximate surface area is 107 Å². The van der Waals surface area contributed by atoms with Gasteiger partial charge in [-0.3, -0.25) is 4.98 Å². The summed E-state index contributed by atoms with van der Waals surface area (Å²) in [5, 5.41) is 0. The summed E-state index contributed by atoms with van der Waals surface area (Å²) in [6, 6.07) is 4.02. The van der Waals surface area contributed by atoms with E-state index in [1.54, 1.807) is 6.33 Å². The van der Waals surface area contributed by atoms with Crippen molar-refractivity contribution in [3.63, 3.8) is 0 Å². The Morgan fingerprint density at radius 1 is 1.06 bits per heavy atom. The van der Waals surface area contributed by atoms with Gasteiger partial charge in [0.15, 0.2) is 0 Å². The van der Waals surface area contributed by atoms with Crippen molar-refractivity contribution in [2.75, 3.05) is 20.1 Å². The Balaban J connectivity index is 2.07. The van der Waals surface area contributed by atoms with Gasteiger partial charge in [0.25, 0.3) is 0 Å². The van der Waals surface area contributed by atoms with Crippen LogP contribution in [0.3, 0.4) is 0 Å². The van der Waals surface area contributed by atoms with Crippen molar-refractivity contribution < 1.29 is 0 Å². The number of fused-ring (bicyclic) bond motifs is 1. The minimum absolute atomic E-state index is 1.01. The summed E-state index contributed by atoms with van der Waals surface area (Å²) in [4.78, 5) is 15.3. The van der Waals surface area contributed by atoms with Gasteiger partial charge in [-0.05, 0) is 25.6 Å². The molecule has 0 bridgehead atoms. The maximum absolute atomic E-state index is 4.47. The van der Waals surface area contributed by atoms with E-state index in [1.165, 1.54) is 11.3 Å². The number of hydrogen-bond acceptors (Lipinski definition) is 4. The van der Waals surface area contributed by atoms with E-state index >= 15 is 0 Å². The smallest absolute Gasteiger partial charge is 0.116 e. The minimum atomic E-state index is 1.01. The maximum Gasteiger partial charge on any atom is 0.116 e. The normalized spacial score (nSPS) is 16.1. The Morgan fingerprint density at radius 3 is 2.67 bits per heavy atom. The predicted octanol–water partition coefficient (Wildman–Crippen LogP) is 1.57. The molecule has 2 aromatic rings. The molecule has 4 heteroatoms. The van der Waals surface area contributed by atoms with Crippen LogP contribution in [0.5, 0.6) is 0 Å². The lowest BCUT2D eigenvalue weighted by Crippen LogP contribution is -2.20. The van der Waals surface area contributed by atoms with Gasteiger partial charge >= 0.3 is 0 Å². The number of hydrogen-bond donors (Lipinski definition) is 0. The van der Waals surface area contributed by atoms with Crippen molar-refractivity contribution in [3.05, 3.63) is 42.1 Å². The zero-order chi connectivity index (χ0) is 12.4. The lowest BCUT2D eigenvalue weighted by molar-refractivity contribution is 0.352. The first-order chi connectivity index (χ1) is 8.84. The quantitative estimate of drug-likeness (QED) is 0.758. The first-order valence-electron chi connectivity index (χ1n) is 6.26. The van der Waals surface area contributed by atoms with Gasteiger partial charge in [0.1, 0.15) is 6.33 Å². The molecule has 0 saturated carbocycles. The summed E-state index contributed by atoms with van der Waals surface area (Å²) in [5.41, 5.74) is 4.69. The molecule has 4 nitrogen and oxygen atoms in total. The molecule has 0 aliphatic carbocycles. The first-order valence-corrected chi connectivity index (χ1v) is 6.26. The standard InChI is InChI=1S/C14H16N4/c1-18-8-4-12-13(5-9-18)16-10-17-14(12)11-2-6-15-7-3-11/h2-3,6-7,10H,4-5,8-9H2,1H3. The second-order valence-corrected chi connectivity index (χ2v) is 4.69. The van der Waals surface area contributed by atoms with Crippen LogP contribution in [0, 0.1) is 0 Å². The van der Waals surface area contributed by atoms with Crippen LogP contribution >= 0.6 is 0 Å². The molecular formula is C14H16N4. The third-order valence-electron chi connectivity index (χ3n) is 3.46. The molecular weight excluding hydrogens is 224 g/mol. The monoisotopic (exact) mass is 240 g/mol. The average molecular weight is 240 g/mol. The first kappa shape index (κ1) is 11.3. The Hall–Kier alpha value is -1.81. The number of aromatic nitrogens is 3. The van der Waals surface area contributed by atoms with E-state index < -0.39 is 0 Å². The molecule has 2 aromatic heterocycles. The minimum Gasteiger partial charge on any atom is -0.306 e. The second-order valence-electron chi connectivity index (χ2n) is 4.69. The third-order valence-corrected chi connectivity index (χ3v) is 3.46. The molecule has 3 heterocycles. The summed E-state index contributed by atoms with van der Waals surface area (Å²) in [6.07, 6.45) is 7.33. The molecule has 0 fully saturated rings. The van der Waals surface area contributed by atoms with Crippen LogP contribution in [-0.4, -0.2) is 40.0 Å². The topological polar surface area (TPSA) is 41.9 Å². The Bertz CT molecular complexity index is 539. The van der Waals surface area contributed by atoms with Crippen molar-refractivity contribution in [2.45, 2.75) is 12.8 Å². The summed E-state index contributed by atoms with van der Waals surface area (Å²) in [6.45, 7) is 2.14. The van der Waals surface area contributed by atoms with Crippen molar-refractivity contribution in [1.82, 2.24) is 19.9 Å². The number of pyridine rings is 1. The highest BCUT2D eigenvalue weighted by Crippen LogP contribution is 2.24. The van der Waals surface area contributed by atoms with E-state index in [0.29, 0.717) is 0 Å². The van der Waals surface area contributed by atoms with Crippen LogP contribution in [0.1, 0.15) is 11.3 Å². The summed E-state index contributed by atoms with van der Waals surface area (Å²) < 4.78 is 0. The Morgan fingerprint density at radius 2 is 1.83 bits per heavy atom. The molecule has 1 aliphatic heterocycles. The number of rotatable bonds is 1. The van der Waals surface area contributed by atoms with Crippen LogP contribution in [0.4, 0.5) is 0 Å². The van der Waals surface area contributed by atoms with E-state index in [1.807, 2.05) is 24.5 Å². The Kier molecular flexibility index (Phi) is 3.02. The molecule has 3 rings (SSSR count). The molecule has 0 radical (unpaired) electrons. The van der Waals surface area contributed by atoms with Crippen molar-refractivity contribution >= 4 is 0 Å². The number of likely N-dealkylation sites (N-methyl/N-ethyl adjacent to an activating group) is 1. The van der Waals surface area contributed by atoms with Crippen molar-refractivity contribution in [2.24, 2.45) is 0 Å². The number of nitrogens with zero attached hydrogens (tertiary/aromatic N) is 4. The van der Waals surface area contributed by atoms with E-state index in [9.17, 15) is 0 Å². The molecule has 92 valence electrons. The zero-order valence-corrected chi connectivity index (χ0v) is 10.5. The highest BCUT2D eigenvalue weighted by molar-refractivity contribution is 5.63. The van der Waals surface area contributed by atoms with Crippen LogP contribution < -0.4 is 0 Å². The largest absolute Gasteiger partial charge is 0.306 e. The van der Waals surface area contributed by atoms with Gasteiger partial charge in [-0.1, -0.05) is 0 Å². The van der Waals surface area contributed by atoms with Gasteiger partial charge in [0, 0.05) is 48.7 Å². The van der Waals surface area contributed by atoms with E-state index in [2.05, 4.69) is 26.9 Å². The average Bonchev–Trinajstić information content (AvgIpc) is 2.62. The van der Waals surface area contributed by atoms with E-state index in [0.717, 1.165) is 37.2 Å². The zero-order valence-electron chi connectivity index (χ0n) is 10.5. The molecule has 0 saturated heterocycles. The van der Waals surface area contributed by atoms with Crippen LogP contribution in [0.15, 0.2) is 30.9 Å². The molecule has 0 atom stereocenters. The second kappa shape index (κ2) is 4.82. The van der Waals surface area contributed by atoms with Crippen molar-refractivity contribution in [3.8, 4) is 11.3 Å². The molecule has 1 aliphatic rings. The molecule has 18 heavy (non-hydrogen) atoms. The molecule has 0 unspecified atom stereocenters. The van der Waals surface area contributed by atoms with Crippen LogP contribution in [0.2, 0.25) is 0 Å². The molecule has 0 N–H and O–H groups in total. The fourth-order valence-corrected chi connectivity index (χ4v) is 2.40. The van der Waals surface area contributed by atoms with Crippen LogP contribution in [-0.2, 0) is 12.8 Å². The van der Waals surface area contributed by atoms with Crippen molar-refractivity contribution in [1.29, 1.82) is 0 Å². The molecule has 0 aromatic carbocycles. The highest BCUT2D eigenvalue weighted by Gasteiger charge is 2.17. The van der Waals surface area contributed by atoms with Gasteiger partial charge in [0.2, 0.25) is 0 Å². The predicted molar refractivity (Wildman–Crippen MR) is 70.2 cm³/mol. The third kappa shape index (κ3) is 2.11. The summed E-state index contributed by atoms with van der Waals surface area (Å²) >= 11 is 0.